The van der Waals surface area contributed by atoms with Crippen LogP contribution in [0, 0.1) is 0 Å². The van der Waals surface area contributed by atoms with Crippen molar-refractivity contribution >= 4 is 16.0 Å². The number of nitrogens with zero attached hydrogens (tertiary/aromatic N) is 1. The van der Waals surface area contributed by atoms with Gasteiger partial charge in [-0.3, -0.25) is 4.79 Å². The van der Waals surface area contributed by atoms with E-state index in [4.69, 9.17) is 4.74 Å². The van der Waals surface area contributed by atoms with E-state index in [1.807, 2.05) is 0 Å². The van der Waals surface area contributed by atoms with Crippen LogP contribution in [0.2, 0.25) is 0 Å². The Kier molecular flexibility index (Phi) is 3.49. The van der Waals surface area contributed by atoms with Gasteiger partial charge in [0.15, 0.2) is 0 Å². The van der Waals surface area contributed by atoms with Gasteiger partial charge in [-0.25, -0.2) is 8.42 Å². The summed E-state index contributed by atoms with van der Waals surface area (Å²) in [6, 6.07) is 0. The van der Waals surface area contributed by atoms with Gasteiger partial charge in [0, 0.05) is 6.54 Å². The lowest BCUT2D eigenvalue weighted by Crippen LogP contribution is -2.33. The fourth-order valence-electron chi connectivity index (χ4n) is 1.31. The molecule has 0 atom stereocenters. The zero-order chi connectivity index (χ0) is 10.8. The van der Waals surface area contributed by atoms with Gasteiger partial charge in [-0.05, 0) is 20.3 Å². The molecule has 1 heterocycles. The Hall–Kier alpha value is -0.620. The zero-order valence-electron chi connectivity index (χ0n) is 8.39. The minimum absolute atomic E-state index is 0.141. The van der Waals surface area contributed by atoms with Crippen molar-refractivity contribution in [2.24, 2.45) is 0 Å². The Balaban J connectivity index is 2.49. The van der Waals surface area contributed by atoms with E-state index in [1.54, 1.807) is 13.8 Å². The van der Waals surface area contributed by atoms with E-state index in [2.05, 4.69) is 0 Å². The molecule has 6 heteroatoms. The van der Waals surface area contributed by atoms with Gasteiger partial charge in [0.25, 0.3) is 0 Å². The molecule has 0 unspecified atom stereocenters. The lowest BCUT2D eigenvalue weighted by Gasteiger charge is -2.14. The average Bonchev–Trinajstić information content (AvgIpc) is 2.29. The maximum atomic E-state index is 11.3. The van der Waals surface area contributed by atoms with Crippen molar-refractivity contribution < 1.29 is 17.9 Å². The quantitative estimate of drug-likeness (QED) is 0.628. The number of esters is 1. The first-order valence-corrected chi connectivity index (χ1v) is 6.20. The fourth-order valence-corrected chi connectivity index (χ4v) is 2.77. The molecule has 0 amide bonds. The van der Waals surface area contributed by atoms with Crippen LogP contribution in [0.1, 0.15) is 20.3 Å². The second-order valence-electron chi connectivity index (χ2n) is 3.54. The van der Waals surface area contributed by atoms with Gasteiger partial charge in [0.05, 0.1) is 11.9 Å². The Morgan fingerprint density at radius 3 is 2.57 bits per heavy atom. The van der Waals surface area contributed by atoms with E-state index in [0.29, 0.717) is 13.0 Å². The summed E-state index contributed by atoms with van der Waals surface area (Å²) in [6.45, 7) is 3.74. The molecule has 0 aromatic carbocycles. The average molecular weight is 221 g/mol. The third-order valence-electron chi connectivity index (χ3n) is 1.88. The highest BCUT2D eigenvalue weighted by Crippen LogP contribution is 2.12. The number of carbonyl (C=O) groups is 1. The van der Waals surface area contributed by atoms with E-state index in [-0.39, 0.29) is 18.4 Å². The van der Waals surface area contributed by atoms with Crippen molar-refractivity contribution in [2.45, 2.75) is 26.4 Å². The Morgan fingerprint density at radius 1 is 1.50 bits per heavy atom. The highest BCUT2D eigenvalue weighted by molar-refractivity contribution is 7.89. The minimum atomic E-state index is -3.19. The highest BCUT2D eigenvalue weighted by atomic mass is 32.2. The maximum absolute atomic E-state index is 11.3. The molecule has 0 aromatic rings. The SMILES string of the molecule is CC(C)OC(=O)CN1CCCS1(=O)=O. The number of carbonyl (C=O) groups excluding carboxylic acids is 1. The van der Waals surface area contributed by atoms with Crippen LogP contribution in [0.5, 0.6) is 0 Å². The molecule has 1 saturated heterocycles. The highest BCUT2D eigenvalue weighted by Gasteiger charge is 2.30. The first kappa shape index (κ1) is 11.5. The van der Waals surface area contributed by atoms with Gasteiger partial charge < -0.3 is 4.74 Å². The van der Waals surface area contributed by atoms with Crippen molar-refractivity contribution in [2.75, 3.05) is 18.8 Å². The van der Waals surface area contributed by atoms with Gasteiger partial charge in [0.1, 0.15) is 6.54 Å². The summed E-state index contributed by atoms with van der Waals surface area (Å²) in [5, 5.41) is 0. The summed E-state index contributed by atoms with van der Waals surface area (Å²) in [4.78, 5) is 11.2. The van der Waals surface area contributed by atoms with E-state index in [9.17, 15) is 13.2 Å². The Bertz CT molecular complexity index is 309. The fraction of sp³-hybridized carbons (Fsp3) is 0.875. The summed E-state index contributed by atoms with van der Waals surface area (Å²) < 4.78 is 28.6. The predicted octanol–water partition coefficient (Wildman–Crippen LogP) is -0.0265. The predicted molar refractivity (Wildman–Crippen MR) is 51.2 cm³/mol. The zero-order valence-corrected chi connectivity index (χ0v) is 9.21. The van der Waals surface area contributed by atoms with E-state index in [1.165, 1.54) is 4.31 Å². The second kappa shape index (κ2) is 4.27. The second-order valence-corrected chi connectivity index (χ2v) is 5.63. The van der Waals surface area contributed by atoms with Gasteiger partial charge in [0.2, 0.25) is 10.0 Å². The molecule has 1 aliphatic heterocycles. The van der Waals surface area contributed by atoms with Gasteiger partial charge >= 0.3 is 5.97 Å². The molecule has 0 bridgehead atoms. The molecule has 82 valence electrons. The molecule has 0 radical (unpaired) electrons. The molecule has 1 rings (SSSR count). The topological polar surface area (TPSA) is 63.7 Å². The van der Waals surface area contributed by atoms with Gasteiger partial charge in [-0.15, -0.1) is 0 Å². The number of hydrogen-bond donors (Lipinski definition) is 0. The van der Waals surface area contributed by atoms with Crippen molar-refractivity contribution in [3.05, 3.63) is 0 Å². The number of rotatable bonds is 3. The molecule has 0 aromatic heterocycles. The Labute approximate surface area is 84.1 Å². The minimum Gasteiger partial charge on any atom is -0.462 e. The van der Waals surface area contributed by atoms with Crippen LogP contribution >= 0.6 is 0 Å². The molecule has 0 saturated carbocycles. The van der Waals surface area contributed by atoms with E-state index in [0.717, 1.165) is 0 Å². The van der Waals surface area contributed by atoms with Crippen LogP contribution in [-0.4, -0.2) is 43.6 Å². The standard InChI is InChI=1S/C8H15NO4S/c1-7(2)13-8(10)6-9-4-3-5-14(9,11)12/h7H,3-6H2,1-2H3. The number of hydrogen-bond acceptors (Lipinski definition) is 4. The summed E-state index contributed by atoms with van der Waals surface area (Å²) in [7, 11) is -3.19. The van der Waals surface area contributed by atoms with Gasteiger partial charge in [-0.1, -0.05) is 0 Å². The Morgan fingerprint density at radius 2 is 2.14 bits per heavy atom. The molecular weight excluding hydrogens is 206 g/mol. The summed E-state index contributed by atoms with van der Waals surface area (Å²) in [6.07, 6.45) is 0.393. The number of sulfonamides is 1. The maximum Gasteiger partial charge on any atom is 0.321 e. The summed E-state index contributed by atoms with van der Waals surface area (Å²) in [5.74, 6) is -0.340. The molecule has 1 aliphatic rings. The van der Waals surface area contributed by atoms with Crippen LogP contribution in [0.3, 0.4) is 0 Å². The van der Waals surface area contributed by atoms with Crippen LogP contribution in [0.25, 0.3) is 0 Å². The van der Waals surface area contributed by atoms with E-state index >= 15 is 0 Å². The summed E-state index contributed by atoms with van der Waals surface area (Å²) >= 11 is 0. The molecule has 1 fully saturated rings. The van der Waals surface area contributed by atoms with Crippen LogP contribution in [0.4, 0.5) is 0 Å². The molecule has 5 nitrogen and oxygen atoms in total. The van der Waals surface area contributed by atoms with Crippen molar-refractivity contribution in [1.82, 2.24) is 4.31 Å². The van der Waals surface area contributed by atoms with Gasteiger partial charge in [-0.2, -0.15) is 4.31 Å². The molecule has 0 aliphatic carbocycles. The van der Waals surface area contributed by atoms with Crippen LogP contribution in [-0.2, 0) is 19.6 Å². The van der Waals surface area contributed by atoms with Crippen molar-refractivity contribution in [3.8, 4) is 0 Å². The number of ether oxygens (including phenoxy) is 1. The van der Waals surface area contributed by atoms with E-state index < -0.39 is 16.0 Å². The third kappa shape index (κ3) is 2.95. The lowest BCUT2D eigenvalue weighted by molar-refractivity contribution is -0.147. The molecule has 14 heavy (non-hydrogen) atoms. The monoisotopic (exact) mass is 221 g/mol. The lowest BCUT2D eigenvalue weighted by atomic mass is 10.4. The molecule has 0 N–H and O–H groups in total. The smallest absolute Gasteiger partial charge is 0.321 e. The largest absolute Gasteiger partial charge is 0.462 e. The first-order chi connectivity index (χ1) is 6.42. The third-order valence-corrected chi connectivity index (χ3v) is 3.78. The van der Waals surface area contributed by atoms with Crippen molar-refractivity contribution in [3.63, 3.8) is 0 Å². The van der Waals surface area contributed by atoms with Crippen LogP contribution < -0.4 is 0 Å². The molecule has 0 spiro atoms. The first-order valence-electron chi connectivity index (χ1n) is 4.59. The summed E-state index contributed by atoms with van der Waals surface area (Å²) in [5.41, 5.74) is 0. The van der Waals surface area contributed by atoms with Crippen LogP contribution in [0.15, 0.2) is 0 Å². The normalized spacial score (nSPS) is 21.4. The van der Waals surface area contributed by atoms with Crippen molar-refractivity contribution in [1.29, 1.82) is 0 Å². The molecular formula is C8H15NO4S.